The molecule has 1 heterocycles. The van der Waals surface area contributed by atoms with Gasteiger partial charge < -0.3 is 5.32 Å². The standard InChI is InChI=1S/C16H21N5O/c1-12-6-5-7-13(10-12)16(22)17-11-15-18-19-20-21(15)14-8-3-2-4-9-14/h5-7,10,14H,2-4,8-9,11H2,1H3,(H,17,22). The van der Waals surface area contributed by atoms with E-state index in [1.807, 2.05) is 35.9 Å². The predicted molar refractivity (Wildman–Crippen MR) is 82.3 cm³/mol. The molecule has 0 bridgehead atoms. The Morgan fingerprint density at radius 3 is 2.91 bits per heavy atom. The lowest BCUT2D eigenvalue weighted by Gasteiger charge is -2.22. The average molecular weight is 299 g/mol. The summed E-state index contributed by atoms with van der Waals surface area (Å²) < 4.78 is 1.88. The van der Waals surface area contributed by atoms with E-state index in [1.54, 1.807) is 0 Å². The molecule has 6 heteroatoms. The van der Waals surface area contributed by atoms with E-state index in [0.29, 0.717) is 18.2 Å². The minimum absolute atomic E-state index is 0.0955. The van der Waals surface area contributed by atoms with Crippen LogP contribution in [0.25, 0.3) is 0 Å². The van der Waals surface area contributed by atoms with Crippen molar-refractivity contribution in [3.8, 4) is 0 Å². The van der Waals surface area contributed by atoms with Gasteiger partial charge in [0, 0.05) is 5.56 Å². The number of tetrazole rings is 1. The van der Waals surface area contributed by atoms with Crippen LogP contribution < -0.4 is 5.32 Å². The SMILES string of the molecule is Cc1cccc(C(=O)NCc2nnnn2C2CCCCC2)c1. The Morgan fingerprint density at radius 1 is 1.32 bits per heavy atom. The Bertz CT molecular complexity index is 645. The quantitative estimate of drug-likeness (QED) is 0.941. The highest BCUT2D eigenvalue weighted by molar-refractivity contribution is 5.94. The molecule has 1 N–H and O–H groups in total. The third kappa shape index (κ3) is 3.32. The lowest BCUT2D eigenvalue weighted by Crippen LogP contribution is -2.26. The zero-order valence-corrected chi connectivity index (χ0v) is 12.8. The van der Waals surface area contributed by atoms with Crippen molar-refractivity contribution in [3.05, 3.63) is 41.2 Å². The van der Waals surface area contributed by atoms with Crippen LogP contribution in [0.1, 0.15) is 59.9 Å². The van der Waals surface area contributed by atoms with Crippen molar-refractivity contribution < 1.29 is 4.79 Å². The first-order valence-corrected chi connectivity index (χ1v) is 7.85. The van der Waals surface area contributed by atoms with Gasteiger partial charge in [-0.15, -0.1) is 5.10 Å². The molecule has 0 saturated heterocycles. The third-order valence-electron chi connectivity index (χ3n) is 4.17. The number of aryl methyl sites for hydroxylation is 1. The first-order chi connectivity index (χ1) is 10.7. The van der Waals surface area contributed by atoms with Crippen LogP contribution in [0.4, 0.5) is 0 Å². The van der Waals surface area contributed by atoms with Gasteiger partial charge in [0.05, 0.1) is 12.6 Å². The van der Waals surface area contributed by atoms with Gasteiger partial charge in [-0.3, -0.25) is 4.79 Å². The van der Waals surface area contributed by atoms with Gasteiger partial charge in [-0.2, -0.15) is 0 Å². The molecular formula is C16H21N5O. The summed E-state index contributed by atoms with van der Waals surface area (Å²) >= 11 is 0. The number of carbonyl (C=O) groups excluding carboxylic acids is 1. The van der Waals surface area contributed by atoms with E-state index in [4.69, 9.17) is 0 Å². The zero-order valence-electron chi connectivity index (χ0n) is 12.8. The van der Waals surface area contributed by atoms with Gasteiger partial charge in [-0.25, -0.2) is 4.68 Å². The maximum Gasteiger partial charge on any atom is 0.251 e. The molecule has 1 aliphatic rings. The second-order valence-electron chi connectivity index (χ2n) is 5.88. The van der Waals surface area contributed by atoms with Crippen molar-refractivity contribution >= 4 is 5.91 Å². The number of nitrogens with one attached hydrogen (secondary N) is 1. The van der Waals surface area contributed by atoms with E-state index in [9.17, 15) is 4.79 Å². The summed E-state index contributed by atoms with van der Waals surface area (Å²) in [5, 5.41) is 14.9. The molecule has 116 valence electrons. The molecule has 3 rings (SSSR count). The number of nitrogens with zero attached hydrogens (tertiary/aromatic N) is 4. The highest BCUT2D eigenvalue weighted by atomic mass is 16.1. The Labute approximate surface area is 129 Å². The van der Waals surface area contributed by atoms with E-state index < -0.39 is 0 Å². The average Bonchev–Trinajstić information content (AvgIpc) is 3.02. The van der Waals surface area contributed by atoms with E-state index >= 15 is 0 Å². The Morgan fingerprint density at radius 2 is 2.14 bits per heavy atom. The fraction of sp³-hybridized carbons (Fsp3) is 0.500. The largest absolute Gasteiger partial charge is 0.345 e. The Balaban J connectivity index is 1.64. The highest BCUT2D eigenvalue weighted by Crippen LogP contribution is 2.27. The molecule has 0 aliphatic heterocycles. The Kier molecular flexibility index (Phi) is 4.46. The molecule has 6 nitrogen and oxygen atoms in total. The van der Waals surface area contributed by atoms with Crippen LogP contribution in [-0.4, -0.2) is 26.1 Å². The maximum absolute atomic E-state index is 12.2. The molecule has 0 atom stereocenters. The van der Waals surface area contributed by atoms with Gasteiger partial charge in [0.15, 0.2) is 5.82 Å². The monoisotopic (exact) mass is 299 g/mol. The molecule has 2 aromatic rings. The van der Waals surface area contributed by atoms with E-state index in [1.165, 1.54) is 19.3 Å². The molecular weight excluding hydrogens is 278 g/mol. The van der Waals surface area contributed by atoms with Gasteiger partial charge in [0.25, 0.3) is 5.91 Å². The molecule has 0 spiro atoms. The third-order valence-corrected chi connectivity index (χ3v) is 4.17. The second-order valence-corrected chi connectivity index (χ2v) is 5.88. The van der Waals surface area contributed by atoms with Crippen LogP contribution in [0.3, 0.4) is 0 Å². The van der Waals surface area contributed by atoms with Crippen LogP contribution in [0.15, 0.2) is 24.3 Å². The zero-order chi connectivity index (χ0) is 15.4. The summed E-state index contributed by atoms with van der Waals surface area (Å²) in [6, 6.07) is 7.91. The second kappa shape index (κ2) is 6.68. The normalized spacial score (nSPS) is 15.7. The number of rotatable bonds is 4. The summed E-state index contributed by atoms with van der Waals surface area (Å²) in [6.07, 6.45) is 5.96. The van der Waals surface area contributed by atoms with Gasteiger partial charge in [0.2, 0.25) is 0 Å². The predicted octanol–water partition coefficient (Wildman–Crippen LogP) is 2.42. The summed E-state index contributed by atoms with van der Waals surface area (Å²) in [5.41, 5.74) is 1.73. The van der Waals surface area contributed by atoms with Crippen molar-refractivity contribution in [3.63, 3.8) is 0 Å². The van der Waals surface area contributed by atoms with E-state index in [2.05, 4.69) is 20.8 Å². The van der Waals surface area contributed by atoms with Crippen molar-refractivity contribution in [2.75, 3.05) is 0 Å². The maximum atomic E-state index is 12.2. The summed E-state index contributed by atoms with van der Waals surface area (Å²) in [4.78, 5) is 12.2. The van der Waals surface area contributed by atoms with Gasteiger partial charge in [0.1, 0.15) is 0 Å². The molecule has 1 aromatic heterocycles. The molecule has 0 radical (unpaired) electrons. The summed E-state index contributed by atoms with van der Waals surface area (Å²) in [6.45, 7) is 2.33. The molecule has 1 fully saturated rings. The fourth-order valence-electron chi connectivity index (χ4n) is 2.99. The lowest BCUT2D eigenvalue weighted by molar-refractivity contribution is 0.0948. The van der Waals surface area contributed by atoms with Crippen LogP contribution in [-0.2, 0) is 6.54 Å². The molecule has 0 unspecified atom stereocenters. The highest BCUT2D eigenvalue weighted by Gasteiger charge is 2.20. The van der Waals surface area contributed by atoms with Gasteiger partial charge >= 0.3 is 0 Å². The number of amides is 1. The first kappa shape index (κ1) is 14.7. The van der Waals surface area contributed by atoms with Crippen molar-refractivity contribution in [1.29, 1.82) is 0 Å². The van der Waals surface area contributed by atoms with Gasteiger partial charge in [-0.1, -0.05) is 37.0 Å². The van der Waals surface area contributed by atoms with Gasteiger partial charge in [-0.05, 0) is 42.3 Å². The minimum atomic E-state index is -0.0955. The number of carbonyl (C=O) groups is 1. The topological polar surface area (TPSA) is 72.7 Å². The van der Waals surface area contributed by atoms with Crippen molar-refractivity contribution in [2.24, 2.45) is 0 Å². The van der Waals surface area contributed by atoms with Crippen molar-refractivity contribution in [1.82, 2.24) is 25.5 Å². The molecule has 1 amide bonds. The molecule has 1 aromatic carbocycles. The molecule has 1 saturated carbocycles. The van der Waals surface area contributed by atoms with Crippen LogP contribution in [0.5, 0.6) is 0 Å². The lowest BCUT2D eigenvalue weighted by atomic mass is 9.95. The van der Waals surface area contributed by atoms with E-state index in [0.717, 1.165) is 24.2 Å². The smallest absolute Gasteiger partial charge is 0.251 e. The molecule has 22 heavy (non-hydrogen) atoms. The van der Waals surface area contributed by atoms with Crippen LogP contribution in [0.2, 0.25) is 0 Å². The number of benzene rings is 1. The van der Waals surface area contributed by atoms with E-state index in [-0.39, 0.29) is 5.91 Å². The Hall–Kier alpha value is -2.24. The van der Waals surface area contributed by atoms with Crippen LogP contribution >= 0.6 is 0 Å². The number of hydrogen-bond acceptors (Lipinski definition) is 4. The fourth-order valence-corrected chi connectivity index (χ4v) is 2.99. The summed E-state index contributed by atoms with van der Waals surface area (Å²) in [7, 11) is 0. The summed E-state index contributed by atoms with van der Waals surface area (Å²) in [5.74, 6) is 0.634. The number of aromatic nitrogens is 4. The van der Waals surface area contributed by atoms with Crippen molar-refractivity contribution in [2.45, 2.75) is 51.6 Å². The minimum Gasteiger partial charge on any atom is -0.345 e. The first-order valence-electron chi connectivity index (χ1n) is 7.85. The molecule has 1 aliphatic carbocycles. The van der Waals surface area contributed by atoms with Crippen LogP contribution in [0, 0.1) is 6.92 Å². The number of hydrogen-bond donors (Lipinski definition) is 1.